The third-order valence-corrected chi connectivity index (χ3v) is 8.31. The lowest BCUT2D eigenvalue weighted by molar-refractivity contribution is -0.126. The van der Waals surface area contributed by atoms with Crippen molar-refractivity contribution in [2.24, 2.45) is 0 Å². The predicted molar refractivity (Wildman–Crippen MR) is 166 cm³/mol. The zero-order valence-electron chi connectivity index (χ0n) is 24.4. The van der Waals surface area contributed by atoms with E-state index < -0.39 is 5.82 Å². The van der Waals surface area contributed by atoms with Gasteiger partial charge in [-0.25, -0.2) is 4.39 Å². The van der Waals surface area contributed by atoms with Gasteiger partial charge in [0.2, 0.25) is 5.91 Å². The Labute approximate surface area is 247 Å². The molecule has 42 heavy (non-hydrogen) atoms. The van der Waals surface area contributed by atoms with Crippen LogP contribution in [0.5, 0.6) is 5.75 Å². The predicted octanol–water partition coefficient (Wildman–Crippen LogP) is 5.65. The standard InChI is InChI=1S/C34H39FN4O3/c1-3-37-18-20-38(21-19-37)31-11-7-28(8-12-31)34(41)36-30-9-5-26(6-10-30)27-14-16-39(17-15-27)33(40)13-4-25-22-29(35)24-32(23-25)42-2/h4-13,22-24,27H,3,14-21H2,1-2H3,(H,36,41)/b13-4+. The van der Waals surface area contributed by atoms with Crippen LogP contribution in [-0.2, 0) is 4.79 Å². The van der Waals surface area contributed by atoms with E-state index in [4.69, 9.17) is 4.74 Å². The number of benzene rings is 3. The fraction of sp³-hybridized carbons (Fsp3) is 0.353. The lowest BCUT2D eigenvalue weighted by Crippen LogP contribution is -2.46. The number of rotatable bonds is 8. The smallest absolute Gasteiger partial charge is 0.255 e. The minimum atomic E-state index is -0.404. The van der Waals surface area contributed by atoms with Gasteiger partial charge in [-0.15, -0.1) is 0 Å². The molecule has 3 aromatic rings. The molecule has 1 N–H and O–H groups in total. The van der Waals surface area contributed by atoms with E-state index in [1.54, 1.807) is 12.1 Å². The molecule has 0 aliphatic carbocycles. The monoisotopic (exact) mass is 570 g/mol. The number of halogens is 1. The van der Waals surface area contributed by atoms with Crippen LogP contribution in [0.2, 0.25) is 0 Å². The van der Waals surface area contributed by atoms with Crippen molar-refractivity contribution in [3.8, 4) is 5.75 Å². The van der Waals surface area contributed by atoms with Crippen LogP contribution in [0.4, 0.5) is 15.8 Å². The van der Waals surface area contributed by atoms with Gasteiger partial charge in [0, 0.05) is 68.3 Å². The quantitative estimate of drug-likeness (QED) is 0.355. The Kier molecular flexibility index (Phi) is 9.54. The molecule has 7 nitrogen and oxygen atoms in total. The van der Waals surface area contributed by atoms with Crippen molar-refractivity contribution in [2.45, 2.75) is 25.7 Å². The SMILES string of the molecule is CCN1CCN(c2ccc(C(=O)Nc3ccc(C4CCN(C(=O)/C=C/c5cc(F)cc(OC)c5)CC4)cc3)cc2)CC1. The Balaban J connectivity index is 1.09. The Morgan fingerprint density at radius 3 is 2.26 bits per heavy atom. The van der Waals surface area contributed by atoms with Gasteiger partial charge in [0.15, 0.2) is 0 Å². The zero-order chi connectivity index (χ0) is 29.5. The molecule has 0 saturated carbocycles. The molecule has 2 saturated heterocycles. The average molecular weight is 571 g/mol. The van der Waals surface area contributed by atoms with E-state index in [2.05, 4.69) is 34.2 Å². The Morgan fingerprint density at radius 2 is 1.62 bits per heavy atom. The van der Waals surface area contributed by atoms with Crippen LogP contribution in [0, 0.1) is 5.82 Å². The number of likely N-dealkylation sites (tertiary alicyclic amines) is 1. The number of ether oxygens (including phenoxy) is 1. The second-order valence-electron chi connectivity index (χ2n) is 10.9. The van der Waals surface area contributed by atoms with Gasteiger partial charge in [-0.05, 0) is 91.0 Å². The maximum absolute atomic E-state index is 13.7. The fourth-order valence-corrected chi connectivity index (χ4v) is 5.69. The first-order valence-electron chi connectivity index (χ1n) is 14.7. The van der Waals surface area contributed by atoms with Gasteiger partial charge in [-0.2, -0.15) is 0 Å². The molecular weight excluding hydrogens is 531 g/mol. The Morgan fingerprint density at radius 1 is 0.929 bits per heavy atom. The number of likely N-dealkylation sites (N-methyl/N-ethyl adjacent to an activating group) is 1. The van der Waals surface area contributed by atoms with Crippen LogP contribution in [0.3, 0.4) is 0 Å². The number of amides is 2. The molecule has 0 atom stereocenters. The number of piperidine rings is 1. The van der Waals surface area contributed by atoms with Crippen LogP contribution in [-0.4, -0.2) is 74.5 Å². The van der Waals surface area contributed by atoms with Crippen molar-refractivity contribution in [2.75, 3.05) is 63.1 Å². The van der Waals surface area contributed by atoms with Gasteiger partial charge in [-0.3, -0.25) is 9.59 Å². The summed E-state index contributed by atoms with van der Waals surface area (Å²) in [5.74, 6) is 0.156. The molecular formula is C34H39FN4O3. The van der Waals surface area contributed by atoms with Crippen LogP contribution in [0.15, 0.2) is 72.8 Å². The lowest BCUT2D eigenvalue weighted by Gasteiger charge is -2.35. The van der Waals surface area contributed by atoms with Crippen molar-refractivity contribution in [1.29, 1.82) is 0 Å². The van der Waals surface area contributed by atoms with Crippen LogP contribution in [0.25, 0.3) is 6.08 Å². The summed E-state index contributed by atoms with van der Waals surface area (Å²) in [5, 5.41) is 3.01. The van der Waals surface area contributed by atoms with Gasteiger partial charge in [0.05, 0.1) is 7.11 Å². The van der Waals surface area contributed by atoms with Crippen LogP contribution >= 0.6 is 0 Å². The molecule has 0 unspecified atom stereocenters. The fourth-order valence-electron chi connectivity index (χ4n) is 5.69. The third-order valence-electron chi connectivity index (χ3n) is 8.31. The van der Waals surface area contributed by atoms with Crippen LogP contribution < -0.4 is 15.0 Å². The summed E-state index contributed by atoms with van der Waals surface area (Å²) in [6.45, 7) is 8.74. The summed E-state index contributed by atoms with van der Waals surface area (Å²) in [5.41, 5.74) is 4.34. The largest absolute Gasteiger partial charge is 0.497 e. The van der Waals surface area contributed by atoms with Crippen LogP contribution in [0.1, 0.15) is 47.2 Å². The first kappa shape index (κ1) is 29.3. The molecule has 5 rings (SSSR count). The number of anilines is 2. The van der Waals surface area contributed by atoms with Gasteiger partial charge >= 0.3 is 0 Å². The first-order valence-corrected chi connectivity index (χ1v) is 14.7. The van der Waals surface area contributed by atoms with Crippen molar-refractivity contribution in [3.63, 3.8) is 0 Å². The molecule has 0 spiro atoms. The number of nitrogens with one attached hydrogen (secondary N) is 1. The summed E-state index contributed by atoms with van der Waals surface area (Å²) in [4.78, 5) is 32.2. The second-order valence-corrected chi connectivity index (χ2v) is 10.9. The molecule has 3 aromatic carbocycles. The number of methoxy groups -OCH3 is 1. The van der Waals surface area contributed by atoms with E-state index in [9.17, 15) is 14.0 Å². The summed E-state index contributed by atoms with van der Waals surface area (Å²) in [7, 11) is 1.48. The molecule has 8 heteroatoms. The number of hydrogen-bond donors (Lipinski definition) is 1. The number of carbonyl (C=O) groups is 2. The van der Waals surface area contributed by atoms with Gasteiger partial charge in [0.25, 0.3) is 5.91 Å². The summed E-state index contributed by atoms with van der Waals surface area (Å²) in [6, 6.07) is 20.2. The van der Waals surface area contributed by atoms with Gasteiger partial charge in [0.1, 0.15) is 11.6 Å². The number of carbonyl (C=O) groups excluding carboxylic acids is 2. The maximum atomic E-state index is 13.7. The van der Waals surface area contributed by atoms with E-state index in [1.165, 1.54) is 30.9 Å². The second kappa shape index (κ2) is 13.7. The van der Waals surface area contributed by atoms with Crippen molar-refractivity contribution < 1.29 is 18.7 Å². The molecule has 2 aliphatic rings. The first-order chi connectivity index (χ1) is 20.4. The number of nitrogens with zero attached hydrogens (tertiary/aromatic N) is 3. The average Bonchev–Trinajstić information content (AvgIpc) is 3.04. The van der Waals surface area contributed by atoms with E-state index in [-0.39, 0.29) is 11.8 Å². The summed E-state index contributed by atoms with van der Waals surface area (Å²) in [6.07, 6.45) is 4.83. The number of piperazine rings is 1. The minimum Gasteiger partial charge on any atom is -0.497 e. The minimum absolute atomic E-state index is 0.0816. The zero-order valence-corrected chi connectivity index (χ0v) is 24.4. The maximum Gasteiger partial charge on any atom is 0.255 e. The lowest BCUT2D eigenvalue weighted by atomic mass is 9.89. The molecule has 2 amide bonds. The molecule has 0 aromatic heterocycles. The number of hydrogen-bond acceptors (Lipinski definition) is 5. The highest BCUT2D eigenvalue weighted by molar-refractivity contribution is 6.04. The van der Waals surface area contributed by atoms with Gasteiger partial charge < -0.3 is 24.8 Å². The highest BCUT2D eigenvalue weighted by Gasteiger charge is 2.23. The van der Waals surface area contributed by atoms with Crippen molar-refractivity contribution in [3.05, 3.63) is 95.3 Å². The van der Waals surface area contributed by atoms with E-state index in [0.717, 1.165) is 56.9 Å². The normalized spacial score (nSPS) is 16.5. The summed E-state index contributed by atoms with van der Waals surface area (Å²) >= 11 is 0. The highest BCUT2D eigenvalue weighted by Crippen LogP contribution is 2.29. The molecule has 2 fully saturated rings. The molecule has 0 radical (unpaired) electrons. The molecule has 220 valence electrons. The van der Waals surface area contributed by atoms with E-state index >= 15 is 0 Å². The Hall–Kier alpha value is -4.17. The van der Waals surface area contributed by atoms with Crippen molar-refractivity contribution >= 4 is 29.3 Å². The highest BCUT2D eigenvalue weighted by atomic mass is 19.1. The van der Waals surface area contributed by atoms with E-state index in [0.29, 0.717) is 35.9 Å². The van der Waals surface area contributed by atoms with Gasteiger partial charge in [-0.1, -0.05) is 19.1 Å². The summed E-state index contributed by atoms with van der Waals surface area (Å²) < 4.78 is 18.8. The Bertz CT molecular complexity index is 1390. The molecule has 2 heterocycles. The topological polar surface area (TPSA) is 65.1 Å². The molecule has 0 bridgehead atoms. The van der Waals surface area contributed by atoms with E-state index in [1.807, 2.05) is 41.3 Å². The molecule has 2 aliphatic heterocycles. The van der Waals surface area contributed by atoms with Crippen molar-refractivity contribution in [1.82, 2.24) is 9.80 Å². The third kappa shape index (κ3) is 7.36.